The average Bonchev–Trinajstić information content (AvgIpc) is 3.97. The van der Waals surface area contributed by atoms with Gasteiger partial charge in [-0.1, -0.05) is 153 Å². The maximum absolute atomic E-state index is 9.85. The molecule has 0 spiro atoms. The van der Waals surface area contributed by atoms with E-state index < -0.39 is 5.41 Å². The second-order valence-electron chi connectivity index (χ2n) is 18.1. The van der Waals surface area contributed by atoms with Crippen LogP contribution in [-0.2, 0) is 16.2 Å². The van der Waals surface area contributed by atoms with Gasteiger partial charge in [-0.25, -0.2) is 0 Å². The maximum Gasteiger partial charge on any atom is 0.115 e. The van der Waals surface area contributed by atoms with Gasteiger partial charge >= 0.3 is 0 Å². The van der Waals surface area contributed by atoms with Crippen LogP contribution in [-0.4, -0.2) is 30.6 Å². The molecule has 6 heteroatoms. The van der Waals surface area contributed by atoms with Crippen molar-refractivity contribution in [2.45, 2.75) is 74.0 Å². The third kappa shape index (κ3) is 8.24. The summed E-state index contributed by atoms with van der Waals surface area (Å²) in [5.41, 5.74) is 11.7. The standard InChI is InChI=1S/C25H18O2.C18H20O2.C17H18O2/c26-19-13-9-17(10-14-19)25(18-11-15-20(27)16-12-18)23-7-3-1-5-21(23)22-6-2-4-8-24(22)25;19-16-8-4-14(5-9-16)18(12-2-1-3-13-18)15-6-10-17(20)11-7-15;18-15-7-3-13(4-8-15)17(11-1-2-12-17)14-5-9-16(19)10-6-14/h1-16,26-27H;4-11,19-20H,1-3,12-13H2;3-10,18-19H,1-2,11-12H2. The van der Waals surface area contributed by atoms with Crippen molar-refractivity contribution in [1.29, 1.82) is 0 Å². The Kier molecular flexibility index (Phi) is 12.3. The highest BCUT2D eigenvalue weighted by Gasteiger charge is 2.46. The second kappa shape index (κ2) is 18.6. The Morgan fingerprint density at radius 2 is 0.470 bits per heavy atom. The van der Waals surface area contributed by atoms with E-state index in [4.69, 9.17) is 0 Å². The Bertz CT molecular complexity index is 2670. The summed E-state index contributed by atoms with van der Waals surface area (Å²) in [5.74, 6) is 1.74. The van der Waals surface area contributed by atoms with Crippen molar-refractivity contribution in [3.05, 3.63) is 239 Å². The predicted octanol–water partition coefficient (Wildman–Crippen LogP) is 13.8. The van der Waals surface area contributed by atoms with Crippen LogP contribution in [0.1, 0.15) is 102 Å². The fourth-order valence-electron chi connectivity index (χ4n) is 11.2. The second-order valence-corrected chi connectivity index (χ2v) is 18.1. The topological polar surface area (TPSA) is 121 Å². The molecule has 11 rings (SSSR count). The zero-order valence-corrected chi connectivity index (χ0v) is 37.0. The van der Waals surface area contributed by atoms with Crippen LogP contribution >= 0.6 is 0 Å². The summed E-state index contributed by atoms with van der Waals surface area (Å²) in [6.07, 6.45) is 10.7. The summed E-state index contributed by atoms with van der Waals surface area (Å²) in [4.78, 5) is 0. The summed E-state index contributed by atoms with van der Waals surface area (Å²) in [5, 5.41) is 57.6. The predicted molar refractivity (Wildman–Crippen MR) is 263 cm³/mol. The molecule has 8 aromatic carbocycles. The lowest BCUT2D eigenvalue weighted by Crippen LogP contribution is -2.30. The zero-order chi connectivity index (χ0) is 45.7. The van der Waals surface area contributed by atoms with E-state index in [2.05, 4.69) is 48.5 Å². The molecule has 0 bridgehead atoms. The molecular formula is C60H56O6. The van der Waals surface area contributed by atoms with Crippen LogP contribution in [0.25, 0.3) is 11.1 Å². The maximum atomic E-state index is 9.85. The lowest BCUT2D eigenvalue weighted by Gasteiger charge is -2.38. The van der Waals surface area contributed by atoms with Crippen LogP contribution in [0.3, 0.4) is 0 Å². The lowest BCUT2D eigenvalue weighted by atomic mass is 9.65. The molecular weight excluding hydrogens is 817 g/mol. The van der Waals surface area contributed by atoms with Gasteiger partial charge in [0.2, 0.25) is 0 Å². The largest absolute Gasteiger partial charge is 0.508 e. The van der Waals surface area contributed by atoms with E-state index in [-0.39, 0.29) is 22.3 Å². The normalized spacial score (nSPS) is 16.1. The van der Waals surface area contributed by atoms with Crippen LogP contribution in [0.4, 0.5) is 0 Å². The first-order chi connectivity index (χ1) is 32.1. The molecule has 0 atom stereocenters. The summed E-state index contributed by atoms with van der Waals surface area (Å²) in [7, 11) is 0. The molecule has 0 aromatic heterocycles. The van der Waals surface area contributed by atoms with Crippen molar-refractivity contribution in [3.63, 3.8) is 0 Å². The molecule has 2 saturated carbocycles. The monoisotopic (exact) mass is 872 g/mol. The van der Waals surface area contributed by atoms with E-state index in [1.54, 1.807) is 72.8 Å². The van der Waals surface area contributed by atoms with Crippen LogP contribution in [0, 0.1) is 0 Å². The molecule has 6 N–H and O–H groups in total. The molecule has 3 aliphatic carbocycles. The molecule has 0 saturated heterocycles. The first kappa shape index (κ1) is 43.8. The molecule has 3 aliphatic rings. The zero-order valence-electron chi connectivity index (χ0n) is 37.0. The van der Waals surface area contributed by atoms with Gasteiger partial charge in [-0.2, -0.15) is 0 Å². The molecule has 2 fully saturated rings. The highest BCUT2D eigenvalue weighted by molar-refractivity contribution is 5.86. The van der Waals surface area contributed by atoms with E-state index in [1.807, 2.05) is 72.8 Å². The van der Waals surface area contributed by atoms with Crippen molar-refractivity contribution in [1.82, 2.24) is 0 Å². The minimum absolute atomic E-state index is 0.0274. The Labute approximate surface area is 387 Å². The van der Waals surface area contributed by atoms with Crippen molar-refractivity contribution in [2.24, 2.45) is 0 Å². The van der Waals surface area contributed by atoms with Gasteiger partial charge < -0.3 is 30.6 Å². The Balaban J connectivity index is 0.000000127. The van der Waals surface area contributed by atoms with E-state index in [1.165, 1.54) is 76.6 Å². The Morgan fingerprint density at radius 1 is 0.242 bits per heavy atom. The molecule has 0 heterocycles. The van der Waals surface area contributed by atoms with E-state index in [9.17, 15) is 30.6 Å². The summed E-state index contributed by atoms with van der Waals surface area (Å²) in [6, 6.07) is 62.2. The Morgan fingerprint density at radius 3 is 0.742 bits per heavy atom. The van der Waals surface area contributed by atoms with Gasteiger partial charge in [0.25, 0.3) is 0 Å². The van der Waals surface area contributed by atoms with Crippen molar-refractivity contribution in [3.8, 4) is 45.6 Å². The van der Waals surface area contributed by atoms with Gasteiger partial charge in [-0.15, -0.1) is 0 Å². The first-order valence-corrected chi connectivity index (χ1v) is 23.1. The van der Waals surface area contributed by atoms with Crippen LogP contribution in [0.5, 0.6) is 34.5 Å². The number of rotatable bonds is 6. The molecule has 0 radical (unpaired) electrons. The molecule has 0 amide bonds. The quantitative estimate of drug-likeness (QED) is 0.0990. The number of benzene rings is 8. The highest BCUT2D eigenvalue weighted by Crippen LogP contribution is 2.56. The van der Waals surface area contributed by atoms with Crippen LogP contribution in [0.2, 0.25) is 0 Å². The van der Waals surface area contributed by atoms with Gasteiger partial charge in [0.05, 0.1) is 5.41 Å². The van der Waals surface area contributed by atoms with E-state index >= 15 is 0 Å². The summed E-state index contributed by atoms with van der Waals surface area (Å²) >= 11 is 0. The molecule has 6 nitrogen and oxygen atoms in total. The Hall–Kier alpha value is -7.44. The SMILES string of the molecule is Oc1ccc(C2(c3ccc(O)cc3)CCCC2)cc1.Oc1ccc(C2(c3ccc(O)cc3)CCCCC2)cc1.Oc1ccc(C2(c3ccc(O)cc3)c3ccccc3-c3ccccc32)cc1. The number of hydrogen-bond acceptors (Lipinski definition) is 6. The van der Waals surface area contributed by atoms with Gasteiger partial charge in [0.1, 0.15) is 34.5 Å². The minimum atomic E-state index is -0.491. The van der Waals surface area contributed by atoms with E-state index in [0.717, 1.165) is 36.8 Å². The van der Waals surface area contributed by atoms with Crippen molar-refractivity contribution < 1.29 is 30.6 Å². The number of aromatic hydroxyl groups is 6. The smallest absolute Gasteiger partial charge is 0.115 e. The van der Waals surface area contributed by atoms with Crippen molar-refractivity contribution in [2.75, 3.05) is 0 Å². The molecule has 0 unspecified atom stereocenters. The fraction of sp³-hybridized carbons (Fsp3) is 0.200. The van der Waals surface area contributed by atoms with Crippen LogP contribution in [0.15, 0.2) is 194 Å². The molecule has 8 aromatic rings. The van der Waals surface area contributed by atoms with Crippen LogP contribution < -0.4 is 0 Å². The number of fused-ring (bicyclic) bond motifs is 3. The van der Waals surface area contributed by atoms with Gasteiger partial charge in [-0.3, -0.25) is 0 Å². The number of phenols is 6. The van der Waals surface area contributed by atoms with Gasteiger partial charge in [0.15, 0.2) is 0 Å². The van der Waals surface area contributed by atoms with Gasteiger partial charge in [0, 0.05) is 10.8 Å². The van der Waals surface area contributed by atoms with Crippen molar-refractivity contribution >= 4 is 0 Å². The van der Waals surface area contributed by atoms with Gasteiger partial charge in [-0.05, 0) is 154 Å². The molecule has 332 valence electrons. The fourth-order valence-corrected chi connectivity index (χ4v) is 11.2. The molecule has 66 heavy (non-hydrogen) atoms. The highest BCUT2D eigenvalue weighted by atomic mass is 16.3. The first-order valence-electron chi connectivity index (χ1n) is 23.1. The third-order valence-electron chi connectivity index (χ3n) is 14.4. The summed E-state index contributed by atoms with van der Waals surface area (Å²) < 4.78 is 0. The summed E-state index contributed by atoms with van der Waals surface area (Å²) in [6.45, 7) is 0. The van der Waals surface area contributed by atoms with E-state index in [0.29, 0.717) is 23.0 Å². The average molecular weight is 873 g/mol. The lowest BCUT2D eigenvalue weighted by molar-refractivity contribution is 0.345. The third-order valence-corrected chi connectivity index (χ3v) is 14.4. The number of phenolic OH excluding ortho intramolecular Hbond substituents is 6. The number of hydrogen-bond donors (Lipinski definition) is 6. The molecule has 0 aliphatic heterocycles. The minimum Gasteiger partial charge on any atom is -0.508 e.